The first kappa shape index (κ1) is 23.8. The summed E-state index contributed by atoms with van der Waals surface area (Å²) in [6.45, 7) is 9.42. The van der Waals surface area contributed by atoms with Gasteiger partial charge < -0.3 is 4.74 Å². The predicted octanol–water partition coefficient (Wildman–Crippen LogP) is 4.91. The van der Waals surface area contributed by atoms with Crippen LogP contribution < -0.4 is 0 Å². The lowest BCUT2D eigenvalue weighted by molar-refractivity contribution is -0.142. The van der Waals surface area contributed by atoms with Crippen molar-refractivity contribution in [2.24, 2.45) is 0 Å². The van der Waals surface area contributed by atoms with E-state index in [1.807, 2.05) is 60.7 Å². The normalized spacial score (nSPS) is 10.6. The lowest BCUT2D eigenvalue weighted by Gasteiger charge is -2.28. The number of rotatable bonds is 7. The Kier molecular flexibility index (Phi) is 10.4. The van der Waals surface area contributed by atoms with Crippen molar-refractivity contribution in [1.29, 1.82) is 0 Å². The van der Waals surface area contributed by atoms with Gasteiger partial charge in [0.25, 0.3) is 0 Å². The molecule has 2 aromatic rings. The van der Waals surface area contributed by atoms with Crippen LogP contribution in [0.3, 0.4) is 0 Å². The number of esters is 1. The molecule has 0 aliphatic carbocycles. The summed E-state index contributed by atoms with van der Waals surface area (Å²) < 4.78 is 5.48. The molecular weight excluding hydrogens is 370 g/mol. The Labute approximate surface area is 175 Å². The Balaban J connectivity index is 0.00000392. The largest absolute Gasteiger partial charge is 0.452 e. The number of hydrogen-bond acceptors (Lipinski definition) is 3. The van der Waals surface area contributed by atoms with Crippen LogP contribution >= 0.6 is 12.4 Å². The molecule has 0 radical (unpaired) electrons. The minimum absolute atomic E-state index is 0. The van der Waals surface area contributed by atoms with E-state index in [1.54, 1.807) is 0 Å². The van der Waals surface area contributed by atoms with Crippen LogP contribution in [0.5, 0.6) is 0 Å². The van der Waals surface area contributed by atoms with E-state index >= 15 is 0 Å². The van der Waals surface area contributed by atoms with E-state index in [1.165, 1.54) is 0 Å². The summed E-state index contributed by atoms with van der Waals surface area (Å²) in [5, 5.41) is 0. The summed E-state index contributed by atoms with van der Waals surface area (Å²) in [6.07, 6.45) is 0. The average molecular weight is 400 g/mol. The fourth-order valence-electron chi connectivity index (χ4n) is 3.11. The lowest BCUT2D eigenvalue weighted by Crippen LogP contribution is -2.37. The molecule has 4 heteroatoms. The van der Waals surface area contributed by atoms with Gasteiger partial charge in [0.1, 0.15) is 5.92 Å². The summed E-state index contributed by atoms with van der Waals surface area (Å²) in [4.78, 5) is 15.1. The standard InChI is InChI=1S/C24H29NO2.ClH/c1-19(2)25(20(3)4)17-11-12-18-27-24(26)23(21-13-7-5-8-14-21)22-15-9-6-10-16-22;/h5-10,13-16,19-20,23H,17-18H2,1-4H3;1H. The van der Waals surface area contributed by atoms with Gasteiger partial charge in [-0.1, -0.05) is 72.5 Å². The molecule has 0 N–H and O–H groups in total. The molecule has 0 aromatic heterocycles. The van der Waals surface area contributed by atoms with E-state index < -0.39 is 5.92 Å². The first-order valence-electron chi connectivity index (χ1n) is 9.48. The maximum absolute atomic E-state index is 12.8. The Morgan fingerprint density at radius 1 is 0.857 bits per heavy atom. The molecule has 0 aliphatic heterocycles. The van der Waals surface area contributed by atoms with Crippen molar-refractivity contribution >= 4 is 18.4 Å². The van der Waals surface area contributed by atoms with Crippen LogP contribution in [0.1, 0.15) is 44.7 Å². The van der Waals surface area contributed by atoms with Crippen LogP contribution in [0.25, 0.3) is 0 Å². The Bertz CT molecular complexity index is 716. The van der Waals surface area contributed by atoms with Gasteiger partial charge in [0, 0.05) is 12.1 Å². The van der Waals surface area contributed by atoms with E-state index in [2.05, 4.69) is 44.4 Å². The summed E-state index contributed by atoms with van der Waals surface area (Å²) in [5.74, 6) is 5.40. The highest BCUT2D eigenvalue weighted by Crippen LogP contribution is 2.25. The molecule has 2 rings (SSSR count). The van der Waals surface area contributed by atoms with Crippen LogP contribution in [0.4, 0.5) is 0 Å². The summed E-state index contributed by atoms with van der Waals surface area (Å²) >= 11 is 0. The first-order chi connectivity index (χ1) is 13.0. The Hall–Kier alpha value is -2.28. The zero-order valence-electron chi connectivity index (χ0n) is 17.1. The van der Waals surface area contributed by atoms with E-state index in [0.717, 1.165) is 11.1 Å². The first-order valence-corrected chi connectivity index (χ1v) is 9.48. The third-order valence-electron chi connectivity index (χ3n) is 4.50. The van der Waals surface area contributed by atoms with Crippen LogP contribution in [0.15, 0.2) is 60.7 Å². The van der Waals surface area contributed by atoms with Crippen molar-refractivity contribution in [2.45, 2.75) is 45.7 Å². The molecule has 0 saturated carbocycles. The molecule has 0 heterocycles. The second kappa shape index (κ2) is 12.2. The smallest absolute Gasteiger partial charge is 0.318 e. The van der Waals surface area contributed by atoms with Crippen LogP contribution in [0.2, 0.25) is 0 Å². The molecule has 0 unspecified atom stereocenters. The van der Waals surface area contributed by atoms with Gasteiger partial charge in [-0.25, -0.2) is 0 Å². The van der Waals surface area contributed by atoms with E-state index in [4.69, 9.17) is 4.74 Å². The number of halogens is 1. The topological polar surface area (TPSA) is 29.5 Å². The molecule has 28 heavy (non-hydrogen) atoms. The van der Waals surface area contributed by atoms with Crippen molar-refractivity contribution in [3.05, 3.63) is 71.8 Å². The molecule has 0 atom stereocenters. The van der Waals surface area contributed by atoms with Crippen molar-refractivity contribution in [2.75, 3.05) is 13.2 Å². The van der Waals surface area contributed by atoms with Gasteiger partial charge >= 0.3 is 5.97 Å². The Morgan fingerprint density at radius 2 is 1.32 bits per heavy atom. The quantitative estimate of drug-likeness (QED) is 0.489. The van der Waals surface area contributed by atoms with Crippen LogP contribution in [-0.2, 0) is 9.53 Å². The summed E-state index contributed by atoms with van der Waals surface area (Å²) in [7, 11) is 0. The second-order valence-electron chi connectivity index (χ2n) is 7.08. The number of ether oxygens (including phenoxy) is 1. The van der Waals surface area contributed by atoms with Gasteiger partial charge in [-0.05, 0) is 38.8 Å². The minimum Gasteiger partial charge on any atom is -0.452 e. The predicted molar refractivity (Wildman–Crippen MR) is 118 cm³/mol. The highest BCUT2D eigenvalue weighted by Gasteiger charge is 2.23. The lowest BCUT2D eigenvalue weighted by atomic mass is 9.91. The maximum Gasteiger partial charge on any atom is 0.318 e. The number of benzene rings is 2. The van der Waals surface area contributed by atoms with Crippen LogP contribution in [-0.4, -0.2) is 36.1 Å². The molecule has 0 fully saturated rings. The van der Waals surface area contributed by atoms with Gasteiger partial charge in [-0.3, -0.25) is 9.69 Å². The van der Waals surface area contributed by atoms with Crippen molar-refractivity contribution in [3.63, 3.8) is 0 Å². The van der Waals surface area contributed by atoms with E-state index in [-0.39, 0.29) is 25.0 Å². The molecule has 150 valence electrons. The van der Waals surface area contributed by atoms with Gasteiger partial charge in [-0.2, -0.15) is 0 Å². The number of hydrogen-bond donors (Lipinski definition) is 0. The monoisotopic (exact) mass is 399 g/mol. The van der Waals surface area contributed by atoms with Gasteiger partial charge in [-0.15, -0.1) is 12.4 Å². The zero-order valence-corrected chi connectivity index (χ0v) is 17.9. The highest BCUT2D eigenvalue weighted by atomic mass is 35.5. The molecule has 0 spiro atoms. The maximum atomic E-state index is 12.8. The highest BCUT2D eigenvalue weighted by molar-refractivity contribution is 5.85. The van der Waals surface area contributed by atoms with Gasteiger partial charge in [0.15, 0.2) is 6.61 Å². The van der Waals surface area contributed by atoms with Crippen molar-refractivity contribution in [1.82, 2.24) is 4.90 Å². The number of carbonyl (C=O) groups is 1. The number of carbonyl (C=O) groups excluding carboxylic acids is 1. The van der Waals surface area contributed by atoms with E-state index in [9.17, 15) is 4.79 Å². The summed E-state index contributed by atoms with van der Waals surface area (Å²) in [6, 6.07) is 20.3. The Morgan fingerprint density at radius 3 is 1.75 bits per heavy atom. The third kappa shape index (κ3) is 7.03. The van der Waals surface area contributed by atoms with Crippen molar-refractivity contribution in [3.8, 4) is 11.8 Å². The van der Waals surface area contributed by atoms with Gasteiger partial charge in [0.05, 0.1) is 6.54 Å². The average Bonchev–Trinajstić information content (AvgIpc) is 2.66. The third-order valence-corrected chi connectivity index (χ3v) is 4.50. The second-order valence-corrected chi connectivity index (χ2v) is 7.08. The van der Waals surface area contributed by atoms with Gasteiger partial charge in [0.2, 0.25) is 0 Å². The zero-order chi connectivity index (χ0) is 19.6. The fraction of sp³-hybridized carbons (Fsp3) is 0.375. The minimum atomic E-state index is -0.433. The molecule has 2 aromatic carbocycles. The molecule has 0 amide bonds. The number of nitrogens with zero attached hydrogens (tertiary/aromatic N) is 1. The fourth-order valence-corrected chi connectivity index (χ4v) is 3.11. The molecule has 0 aliphatic rings. The van der Waals surface area contributed by atoms with Crippen molar-refractivity contribution < 1.29 is 9.53 Å². The molecule has 0 saturated heterocycles. The molecular formula is C24H30ClNO2. The summed E-state index contributed by atoms with van der Waals surface area (Å²) in [5.41, 5.74) is 1.85. The molecule has 0 bridgehead atoms. The van der Waals surface area contributed by atoms with E-state index in [0.29, 0.717) is 18.6 Å². The molecule has 3 nitrogen and oxygen atoms in total. The SMILES string of the molecule is CC(C)N(CC#CCOC(=O)C(c1ccccc1)c1ccccc1)C(C)C.Cl. The van der Waals surface area contributed by atoms with Crippen LogP contribution in [0, 0.1) is 11.8 Å².